The molecule has 0 atom stereocenters. The van der Waals surface area contributed by atoms with Gasteiger partial charge in [-0.15, -0.1) is 0 Å². The average molecular weight is 329 g/mol. The second kappa shape index (κ2) is 5.62. The SMILES string of the molecule is Cc1cc(Cl)nc(NS(=O)(=O)c2ccc([N+](=O)[O-])cc2)n1. The van der Waals surface area contributed by atoms with E-state index in [1.807, 2.05) is 0 Å². The van der Waals surface area contributed by atoms with Crippen molar-refractivity contribution in [2.75, 3.05) is 4.72 Å². The summed E-state index contributed by atoms with van der Waals surface area (Å²) in [5.41, 5.74) is 0.292. The highest BCUT2D eigenvalue weighted by molar-refractivity contribution is 7.92. The molecule has 8 nitrogen and oxygen atoms in total. The molecule has 2 aromatic rings. The van der Waals surface area contributed by atoms with Crippen LogP contribution < -0.4 is 4.72 Å². The highest BCUT2D eigenvalue weighted by Crippen LogP contribution is 2.18. The van der Waals surface area contributed by atoms with Crippen molar-refractivity contribution in [2.45, 2.75) is 11.8 Å². The minimum absolute atomic E-state index is 0.101. The molecule has 2 rings (SSSR count). The van der Waals surface area contributed by atoms with Gasteiger partial charge in [0.2, 0.25) is 5.95 Å². The number of halogens is 1. The van der Waals surface area contributed by atoms with E-state index in [9.17, 15) is 18.5 Å². The first-order valence-electron chi connectivity index (χ1n) is 5.56. The van der Waals surface area contributed by atoms with E-state index in [0.717, 1.165) is 24.3 Å². The van der Waals surface area contributed by atoms with Gasteiger partial charge < -0.3 is 0 Å². The Morgan fingerprint density at radius 2 is 1.86 bits per heavy atom. The molecule has 0 saturated heterocycles. The van der Waals surface area contributed by atoms with Crippen molar-refractivity contribution in [1.29, 1.82) is 0 Å². The topological polar surface area (TPSA) is 115 Å². The van der Waals surface area contributed by atoms with Crippen LogP contribution in [0.1, 0.15) is 5.69 Å². The lowest BCUT2D eigenvalue weighted by Crippen LogP contribution is -2.15. The molecule has 1 N–H and O–H groups in total. The highest BCUT2D eigenvalue weighted by atomic mass is 35.5. The normalized spacial score (nSPS) is 11.1. The van der Waals surface area contributed by atoms with Crippen LogP contribution in [0.4, 0.5) is 11.6 Å². The van der Waals surface area contributed by atoms with Crippen molar-refractivity contribution < 1.29 is 13.3 Å². The summed E-state index contributed by atoms with van der Waals surface area (Å²) in [6.45, 7) is 1.64. The molecule has 1 heterocycles. The Hall–Kier alpha value is -2.26. The number of sulfonamides is 1. The van der Waals surface area contributed by atoms with Gasteiger partial charge in [-0.25, -0.2) is 23.1 Å². The van der Waals surface area contributed by atoms with Crippen LogP contribution in [0.3, 0.4) is 0 Å². The van der Waals surface area contributed by atoms with E-state index in [0.29, 0.717) is 5.69 Å². The lowest BCUT2D eigenvalue weighted by Gasteiger charge is -2.07. The van der Waals surface area contributed by atoms with Gasteiger partial charge in [0.1, 0.15) is 5.15 Å². The predicted octanol–water partition coefficient (Wildman–Crippen LogP) is 2.15. The zero-order valence-corrected chi connectivity index (χ0v) is 12.2. The lowest BCUT2D eigenvalue weighted by molar-refractivity contribution is -0.384. The van der Waals surface area contributed by atoms with Crippen LogP contribution >= 0.6 is 11.6 Å². The van der Waals surface area contributed by atoms with Crippen LogP contribution in [0.15, 0.2) is 35.2 Å². The quantitative estimate of drug-likeness (QED) is 0.522. The van der Waals surface area contributed by atoms with Crippen LogP contribution in [0.5, 0.6) is 0 Å². The molecule has 0 aliphatic rings. The van der Waals surface area contributed by atoms with E-state index in [2.05, 4.69) is 14.7 Å². The molecular formula is C11H9ClN4O4S. The van der Waals surface area contributed by atoms with E-state index in [1.54, 1.807) is 6.92 Å². The average Bonchev–Trinajstić information content (AvgIpc) is 2.37. The number of nitro groups is 1. The Bertz CT molecular complexity index is 772. The van der Waals surface area contributed by atoms with Crippen molar-refractivity contribution in [1.82, 2.24) is 9.97 Å². The number of aromatic nitrogens is 2. The summed E-state index contributed by atoms with van der Waals surface area (Å²) in [7, 11) is -3.95. The summed E-state index contributed by atoms with van der Waals surface area (Å²) >= 11 is 5.72. The van der Waals surface area contributed by atoms with Crippen LogP contribution in [-0.2, 0) is 10.0 Å². The summed E-state index contributed by atoms with van der Waals surface area (Å²) in [5.74, 6) is -0.168. The predicted molar refractivity (Wildman–Crippen MR) is 75.7 cm³/mol. The Morgan fingerprint density at radius 1 is 1.24 bits per heavy atom. The van der Waals surface area contributed by atoms with Crippen molar-refractivity contribution >= 4 is 33.3 Å². The highest BCUT2D eigenvalue weighted by Gasteiger charge is 2.17. The minimum atomic E-state index is -3.95. The van der Waals surface area contributed by atoms with Crippen molar-refractivity contribution in [2.24, 2.45) is 0 Å². The number of nitro benzene ring substituents is 1. The molecule has 0 aliphatic heterocycles. The van der Waals surface area contributed by atoms with Gasteiger partial charge in [0.05, 0.1) is 9.82 Å². The molecule has 110 valence electrons. The Morgan fingerprint density at radius 3 is 2.38 bits per heavy atom. The van der Waals surface area contributed by atoms with Gasteiger partial charge in [-0.05, 0) is 25.1 Å². The second-order valence-corrected chi connectivity index (χ2v) is 6.08. The molecule has 0 fully saturated rings. The first-order chi connectivity index (χ1) is 9.78. The molecule has 0 unspecified atom stereocenters. The Balaban J connectivity index is 2.31. The molecule has 0 spiro atoms. The van der Waals surface area contributed by atoms with Crippen molar-refractivity contribution in [3.05, 3.63) is 51.3 Å². The number of nitrogens with one attached hydrogen (secondary N) is 1. The maximum atomic E-state index is 12.1. The second-order valence-electron chi connectivity index (χ2n) is 4.01. The third kappa shape index (κ3) is 3.64. The van der Waals surface area contributed by atoms with E-state index in [4.69, 9.17) is 11.6 Å². The summed E-state index contributed by atoms with van der Waals surface area (Å²) in [5, 5.41) is 10.6. The zero-order valence-electron chi connectivity index (χ0n) is 10.6. The van der Waals surface area contributed by atoms with Crippen LogP contribution in [0.2, 0.25) is 5.15 Å². The van der Waals surface area contributed by atoms with E-state index in [1.165, 1.54) is 6.07 Å². The van der Waals surface area contributed by atoms with Gasteiger partial charge in [0.25, 0.3) is 15.7 Å². The fourth-order valence-electron chi connectivity index (χ4n) is 1.50. The van der Waals surface area contributed by atoms with Gasteiger partial charge in [0, 0.05) is 17.8 Å². The molecule has 0 saturated carbocycles. The monoisotopic (exact) mass is 328 g/mol. The molecule has 1 aromatic heterocycles. The third-order valence-corrected chi connectivity index (χ3v) is 3.94. The number of rotatable bonds is 4. The van der Waals surface area contributed by atoms with E-state index < -0.39 is 14.9 Å². The van der Waals surface area contributed by atoms with Gasteiger partial charge >= 0.3 is 0 Å². The number of nitrogens with zero attached hydrogens (tertiary/aromatic N) is 3. The standard InChI is InChI=1S/C11H9ClN4O4S/c1-7-6-10(12)14-11(13-7)15-21(19,20)9-4-2-8(3-5-9)16(17)18/h2-6H,1H3,(H,13,14,15). The molecule has 10 heteroatoms. The first-order valence-corrected chi connectivity index (χ1v) is 7.42. The number of anilines is 1. The van der Waals surface area contributed by atoms with Crippen molar-refractivity contribution in [3.8, 4) is 0 Å². The molecular weight excluding hydrogens is 320 g/mol. The molecule has 0 radical (unpaired) electrons. The minimum Gasteiger partial charge on any atom is -0.258 e. The lowest BCUT2D eigenvalue weighted by atomic mass is 10.3. The number of hydrogen-bond donors (Lipinski definition) is 1. The number of hydrogen-bond acceptors (Lipinski definition) is 6. The Kier molecular flexibility index (Phi) is 4.05. The van der Waals surface area contributed by atoms with Crippen molar-refractivity contribution in [3.63, 3.8) is 0 Å². The summed E-state index contributed by atoms with van der Waals surface area (Å²) in [6, 6.07) is 5.91. The molecule has 0 aliphatic carbocycles. The van der Waals surface area contributed by atoms with Gasteiger partial charge in [-0.2, -0.15) is 0 Å². The number of aryl methyl sites for hydroxylation is 1. The largest absolute Gasteiger partial charge is 0.269 e. The van der Waals surface area contributed by atoms with Crippen LogP contribution in [0, 0.1) is 17.0 Å². The third-order valence-electron chi connectivity index (χ3n) is 2.41. The van der Waals surface area contributed by atoms with Crippen LogP contribution in [-0.4, -0.2) is 23.3 Å². The van der Waals surface area contributed by atoms with E-state index in [-0.39, 0.29) is 21.7 Å². The molecule has 0 bridgehead atoms. The Labute approximate surface area is 125 Å². The molecule has 0 amide bonds. The first kappa shape index (κ1) is 15.1. The molecule has 1 aromatic carbocycles. The fourth-order valence-corrected chi connectivity index (χ4v) is 2.68. The number of benzene rings is 1. The van der Waals surface area contributed by atoms with Gasteiger partial charge in [-0.3, -0.25) is 10.1 Å². The number of non-ortho nitro benzene ring substituents is 1. The van der Waals surface area contributed by atoms with E-state index >= 15 is 0 Å². The maximum Gasteiger partial charge on any atom is 0.269 e. The summed E-state index contributed by atoms with van der Waals surface area (Å²) in [4.78, 5) is 17.4. The summed E-state index contributed by atoms with van der Waals surface area (Å²) < 4.78 is 26.4. The molecule has 21 heavy (non-hydrogen) atoms. The smallest absolute Gasteiger partial charge is 0.258 e. The maximum absolute atomic E-state index is 12.1. The van der Waals surface area contributed by atoms with Crippen LogP contribution in [0.25, 0.3) is 0 Å². The fraction of sp³-hybridized carbons (Fsp3) is 0.0909. The van der Waals surface area contributed by atoms with Gasteiger partial charge in [-0.1, -0.05) is 11.6 Å². The van der Waals surface area contributed by atoms with Gasteiger partial charge in [0.15, 0.2) is 0 Å². The summed E-state index contributed by atoms with van der Waals surface area (Å²) in [6.07, 6.45) is 0. The zero-order chi connectivity index (χ0) is 15.6.